The molecule has 0 spiro atoms. The molecule has 1 N–H and O–H groups in total. The molecule has 0 atom stereocenters. The number of amides is 2. The van der Waals surface area contributed by atoms with Crippen molar-refractivity contribution in [2.75, 3.05) is 19.6 Å². The first kappa shape index (κ1) is 12.3. The van der Waals surface area contributed by atoms with Crippen molar-refractivity contribution in [1.29, 1.82) is 0 Å². The highest BCUT2D eigenvalue weighted by Gasteiger charge is 2.20. The van der Waals surface area contributed by atoms with Crippen LogP contribution in [0.2, 0.25) is 0 Å². The lowest BCUT2D eigenvalue weighted by Gasteiger charge is -2.26. The lowest BCUT2D eigenvalue weighted by Crippen LogP contribution is -2.50. The second-order valence-corrected chi connectivity index (χ2v) is 5.21. The fourth-order valence-electron chi connectivity index (χ4n) is 1.74. The van der Waals surface area contributed by atoms with E-state index in [9.17, 15) is 9.59 Å². The molecule has 1 aliphatic rings. The van der Waals surface area contributed by atoms with E-state index in [-0.39, 0.29) is 18.4 Å². The minimum atomic E-state index is -0.0767. The average Bonchev–Trinajstić information content (AvgIpc) is 2.32. The zero-order valence-corrected chi connectivity index (χ0v) is 11.4. The molecule has 2 rings (SSSR count). The van der Waals surface area contributed by atoms with Gasteiger partial charge >= 0.3 is 0 Å². The zero-order chi connectivity index (χ0) is 12.3. The highest BCUT2D eigenvalue weighted by atomic mass is 127. The number of carbonyl (C=O) groups is 2. The average molecular weight is 344 g/mol. The molecule has 0 unspecified atom stereocenters. The summed E-state index contributed by atoms with van der Waals surface area (Å²) >= 11 is 2.23. The van der Waals surface area contributed by atoms with Crippen LogP contribution in [0.5, 0.6) is 0 Å². The van der Waals surface area contributed by atoms with E-state index in [0.717, 1.165) is 9.13 Å². The number of benzene rings is 1. The van der Waals surface area contributed by atoms with Gasteiger partial charge in [0.05, 0.1) is 13.0 Å². The summed E-state index contributed by atoms with van der Waals surface area (Å²) in [6.45, 7) is 1.34. The van der Waals surface area contributed by atoms with Crippen LogP contribution in [0.1, 0.15) is 5.56 Å². The van der Waals surface area contributed by atoms with E-state index in [4.69, 9.17) is 0 Å². The lowest BCUT2D eigenvalue weighted by molar-refractivity contribution is -0.137. The summed E-state index contributed by atoms with van der Waals surface area (Å²) in [5.74, 6) is -0.0618. The summed E-state index contributed by atoms with van der Waals surface area (Å²) in [4.78, 5) is 24.7. The van der Waals surface area contributed by atoms with Crippen LogP contribution >= 0.6 is 22.6 Å². The summed E-state index contributed by atoms with van der Waals surface area (Å²) in [5, 5.41) is 2.70. The van der Waals surface area contributed by atoms with Crippen LogP contribution in [-0.2, 0) is 16.0 Å². The van der Waals surface area contributed by atoms with E-state index in [1.807, 2.05) is 24.3 Å². The largest absolute Gasteiger partial charge is 0.353 e. The number of hydrogen-bond donors (Lipinski definition) is 1. The van der Waals surface area contributed by atoms with Crippen LogP contribution < -0.4 is 5.32 Å². The number of halogens is 1. The van der Waals surface area contributed by atoms with Crippen molar-refractivity contribution in [1.82, 2.24) is 10.2 Å². The molecular formula is C12H13IN2O2. The van der Waals surface area contributed by atoms with Gasteiger partial charge in [-0.2, -0.15) is 0 Å². The fourth-order valence-corrected chi connectivity index (χ4v) is 2.10. The second kappa shape index (κ2) is 5.48. The Morgan fingerprint density at radius 1 is 1.35 bits per heavy atom. The Hall–Kier alpha value is -1.11. The van der Waals surface area contributed by atoms with Gasteiger partial charge in [0, 0.05) is 16.7 Å². The molecule has 5 heteroatoms. The third-order valence-corrected chi connectivity index (χ3v) is 3.38. The van der Waals surface area contributed by atoms with Crippen LogP contribution in [0.3, 0.4) is 0 Å². The maximum atomic E-state index is 11.9. The van der Waals surface area contributed by atoms with E-state index in [2.05, 4.69) is 27.9 Å². The third-order valence-electron chi connectivity index (χ3n) is 2.66. The first-order valence-corrected chi connectivity index (χ1v) is 6.52. The van der Waals surface area contributed by atoms with Gasteiger partial charge < -0.3 is 10.2 Å². The molecule has 1 aromatic rings. The first-order valence-electron chi connectivity index (χ1n) is 5.44. The smallest absolute Gasteiger partial charge is 0.239 e. The topological polar surface area (TPSA) is 49.4 Å². The van der Waals surface area contributed by atoms with Crippen molar-refractivity contribution in [3.05, 3.63) is 33.4 Å². The maximum Gasteiger partial charge on any atom is 0.239 e. The molecule has 1 aromatic carbocycles. The molecule has 1 fully saturated rings. The molecule has 4 nitrogen and oxygen atoms in total. The van der Waals surface area contributed by atoms with Crippen molar-refractivity contribution >= 4 is 34.4 Å². The summed E-state index contributed by atoms with van der Waals surface area (Å²) in [6, 6.07) is 7.85. The third kappa shape index (κ3) is 3.42. The maximum absolute atomic E-state index is 11.9. The highest BCUT2D eigenvalue weighted by molar-refractivity contribution is 14.1. The molecule has 0 radical (unpaired) electrons. The van der Waals surface area contributed by atoms with Gasteiger partial charge in [-0.25, -0.2) is 0 Å². The van der Waals surface area contributed by atoms with Gasteiger partial charge in [-0.15, -0.1) is 0 Å². The molecule has 1 aliphatic heterocycles. The molecule has 1 saturated heterocycles. The summed E-state index contributed by atoms with van der Waals surface area (Å²) in [5.41, 5.74) is 0.987. The summed E-state index contributed by atoms with van der Waals surface area (Å²) in [6.07, 6.45) is 0.365. The molecule has 17 heavy (non-hydrogen) atoms. The van der Waals surface area contributed by atoms with Crippen LogP contribution in [-0.4, -0.2) is 36.3 Å². The van der Waals surface area contributed by atoms with Gasteiger partial charge in [0.2, 0.25) is 11.8 Å². The van der Waals surface area contributed by atoms with Crippen molar-refractivity contribution in [3.63, 3.8) is 0 Å². The molecule has 0 aromatic heterocycles. The minimum absolute atomic E-state index is 0.0149. The van der Waals surface area contributed by atoms with Crippen molar-refractivity contribution in [3.8, 4) is 0 Å². The number of hydrogen-bond acceptors (Lipinski definition) is 2. The zero-order valence-electron chi connectivity index (χ0n) is 9.28. The first-order chi connectivity index (χ1) is 8.15. The molecule has 0 aliphatic carbocycles. The Morgan fingerprint density at radius 2 is 2.06 bits per heavy atom. The van der Waals surface area contributed by atoms with Gasteiger partial charge in [-0.1, -0.05) is 12.1 Å². The second-order valence-electron chi connectivity index (χ2n) is 3.97. The van der Waals surface area contributed by atoms with E-state index in [1.165, 1.54) is 0 Å². The predicted octanol–water partition coefficient (Wildman–Crippen LogP) is 0.792. The van der Waals surface area contributed by atoms with Crippen LogP contribution in [0.4, 0.5) is 0 Å². The standard InChI is InChI=1S/C12H13IN2O2/c13-10-3-1-9(2-4-10)7-12(17)15-6-5-14-11(16)8-15/h1-4H,5-8H2,(H,14,16). The lowest BCUT2D eigenvalue weighted by atomic mass is 10.1. The quantitative estimate of drug-likeness (QED) is 0.807. The number of rotatable bonds is 2. The number of carbonyl (C=O) groups excluding carboxylic acids is 2. The van der Waals surface area contributed by atoms with Gasteiger partial charge in [-0.3, -0.25) is 9.59 Å². The molecule has 2 amide bonds. The van der Waals surface area contributed by atoms with E-state index in [0.29, 0.717) is 19.5 Å². The Bertz CT molecular complexity index is 431. The Labute approximate surface area is 114 Å². The Morgan fingerprint density at radius 3 is 2.71 bits per heavy atom. The Kier molecular flexibility index (Phi) is 3.98. The molecule has 0 bridgehead atoms. The van der Waals surface area contributed by atoms with Crippen LogP contribution in [0, 0.1) is 3.57 Å². The van der Waals surface area contributed by atoms with Crippen molar-refractivity contribution in [2.45, 2.75) is 6.42 Å². The summed E-state index contributed by atoms with van der Waals surface area (Å²) in [7, 11) is 0. The van der Waals surface area contributed by atoms with E-state index >= 15 is 0 Å². The molecule has 1 heterocycles. The van der Waals surface area contributed by atoms with Gasteiger partial charge in [0.1, 0.15) is 0 Å². The van der Waals surface area contributed by atoms with Crippen molar-refractivity contribution in [2.24, 2.45) is 0 Å². The number of piperazine rings is 1. The normalized spacial score (nSPS) is 15.6. The van der Waals surface area contributed by atoms with Crippen LogP contribution in [0.15, 0.2) is 24.3 Å². The minimum Gasteiger partial charge on any atom is -0.353 e. The summed E-state index contributed by atoms with van der Waals surface area (Å²) < 4.78 is 1.15. The fraction of sp³-hybridized carbons (Fsp3) is 0.333. The van der Waals surface area contributed by atoms with Gasteiger partial charge in [0.25, 0.3) is 0 Å². The highest BCUT2D eigenvalue weighted by Crippen LogP contribution is 2.09. The predicted molar refractivity (Wildman–Crippen MR) is 72.5 cm³/mol. The molecule has 0 saturated carbocycles. The molecule has 90 valence electrons. The van der Waals surface area contributed by atoms with E-state index < -0.39 is 0 Å². The van der Waals surface area contributed by atoms with Gasteiger partial charge in [-0.05, 0) is 40.3 Å². The number of nitrogens with one attached hydrogen (secondary N) is 1. The SMILES string of the molecule is O=C1CN(C(=O)Cc2ccc(I)cc2)CCN1. The Balaban J connectivity index is 1.96. The molecular weight excluding hydrogens is 331 g/mol. The van der Waals surface area contributed by atoms with Crippen molar-refractivity contribution < 1.29 is 9.59 Å². The number of nitrogens with zero attached hydrogens (tertiary/aromatic N) is 1. The monoisotopic (exact) mass is 344 g/mol. The van der Waals surface area contributed by atoms with E-state index in [1.54, 1.807) is 4.90 Å². The van der Waals surface area contributed by atoms with Crippen LogP contribution in [0.25, 0.3) is 0 Å². The van der Waals surface area contributed by atoms with Gasteiger partial charge in [0.15, 0.2) is 0 Å².